The van der Waals surface area contributed by atoms with E-state index in [-0.39, 0.29) is 17.5 Å². The number of carbonyl (C=O) groups excluding carboxylic acids is 1. The fourth-order valence-electron chi connectivity index (χ4n) is 4.13. The lowest BCUT2D eigenvalue weighted by atomic mass is 9.81. The Labute approximate surface area is 149 Å². The zero-order valence-electron chi connectivity index (χ0n) is 14.3. The number of rotatable bonds is 4. The molecule has 1 heterocycles. The van der Waals surface area contributed by atoms with Gasteiger partial charge < -0.3 is 10.4 Å². The smallest absolute Gasteiger partial charge is 0.416 e. The van der Waals surface area contributed by atoms with Gasteiger partial charge in [-0.15, -0.1) is 0 Å². The van der Waals surface area contributed by atoms with E-state index in [0.717, 1.165) is 25.0 Å². The maximum Gasteiger partial charge on any atom is 0.416 e. The van der Waals surface area contributed by atoms with E-state index in [1.807, 2.05) is 4.90 Å². The lowest BCUT2D eigenvalue weighted by Gasteiger charge is -2.26. The fourth-order valence-corrected chi connectivity index (χ4v) is 4.13. The Hall–Kier alpha value is -2.09. The highest BCUT2D eigenvalue weighted by Crippen LogP contribution is 2.49. The van der Waals surface area contributed by atoms with Crippen LogP contribution in [0.2, 0.25) is 0 Å². The van der Waals surface area contributed by atoms with Crippen LogP contribution in [0.4, 0.5) is 18.9 Å². The van der Waals surface area contributed by atoms with Crippen LogP contribution in [0.3, 0.4) is 0 Å². The molecule has 2 N–H and O–H groups in total. The van der Waals surface area contributed by atoms with Gasteiger partial charge in [-0.1, -0.05) is 6.42 Å². The fraction of sp³-hybridized carbons (Fsp3) is 0.556. The van der Waals surface area contributed by atoms with Crippen LogP contribution in [-0.4, -0.2) is 41.0 Å². The summed E-state index contributed by atoms with van der Waals surface area (Å²) in [5, 5.41) is 12.2. The first kappa shape index (κ1) is 18.7. The maximum atomic E-state index is 12.6. The number of alkyl halides is 3. The molecule has 0 aromatic heterocycles. The number of benzene rings is 1. The topological polar surface area (TPSA) is 69.6 Å². The van der Waals surface area contributed by atoms with E-state index < -0.39 is 29.2 Å². The third kappa shape index (κ3) is 3.30. The monoisotopic (exact) mass is 370 g/mol. The summed E-state index contributed by atoms with van der Waals surface area (Å²) in [6.45, 7) is 2.57. The Morgan fingerprint density at radius 1 is 1.31 bits per heavy atom. The van der Waals surface area contributed by atoms with Gasteiger partial charge in [-0.05, 0) is 49.9 Å². The molecule has 3 rings (SSSR count). The number of carbonyl (C=O) groups is 2. The highest BCUT2D eigenvalue weighted by molar-refractivity contribution is 5.94. The number of carboxylic acid groups (broad SMARTS) is 1. The van der Waals surface area contributed by atoms with Gasteiger partial charge >= 0.3 is 12.1 Å². The van der Waals surface area contributed by atoms with Crippen molar-refractivity contribution in [3.05, 3.63) is 29.8 Å². The highest BCUT2D eigenvalue weighted by Gasteiger charge is 2.55. The third-order valence-corrected chi connectivity index (χ3v) is 5.73. The van der Waals surface area contributed by atoms with E-state index in [2.05, 4.69) is 5.32 Å². The van der Waals surface area contributed by atoms with Crippen molar-refractivity contribution in [2.45, 2.75) is 38.4 Å². The molecule has 0 spiro atoms. The molecule has 3 atom stereocenters. The quantitative estimate of drug-likeness (QED) is 0.854. The first-order valence-corrected chi connectivity index (χ1v) is 8.59. The molecule has 1 aromatic rings. The minimum absolute atomic E-state index is 0.0429. The largest absolute Gasteiger partial charge is 0.481 e. The second kappa shape index (κ2) is 6.57. The number of hydrogen-bond acceptors (Lipinski definition) is 3. The van der Waals surface area contributed by atoms with E-state index in [9.17, 15) is 27.9 Å². The number of carboxylic acids is 1. The van der Waals surface area contributed by atoms with Crippen molar-refractivity contribution < 1.29 is 27.9 Å². The van der Waals surface area contributed by atoms with Gasteiger partial charge in [-0.25, -0.2) is 0 Å². The predicted molar refractivity (Wildman–Crippen MR) is 88.5 cm³/mol. The molecular weight excluding hydrogens is 349 g/mol. The molecular formula is C18H21F3N2O3. The normalized spacial score (nSPS) is 27.2. The maximum absolute atomic E-state index is 12.6. The van der Waals surface area contributed by atoms with Crippen LogP contribution in [-0.2, 0) is 15.8 Å². The Balaban J connectivity index is 1.65. The summed E-state index contributed by atoms with van der Waals surface area (Å²) in [5.41, 5.74) is -1.27. The summed E-state index contributed by atoms with van der Waals surface area (Å²) < 4.78 is 37.8. The van der Waals surface area contributed by atoms with Crippen molar-refractivity contribution in [3.63, 3.8) is 0 Å². The van der Waals surface area contributed by atoms with Gasteiger partial charge in [-0.2, -0.15) is 13.2 Å². The van der Waals surface area contributed by atoms with Gasteiger partial charge in [0, 0.05) is 18.8 Å². The molecule has 2 aliphatic rings. The number of fused-ring (bicyclic) bond motifs is 1. The molecule has 26 heavy (non-hydrogen) atoms. The first-order chi connectivity index (χ1) is 12.1. The molecule has 142 valence electrons. The van der Waals surface area contributed by atoms with Crippen molar-refractivity contribution >= 4 is 17.6 Å². The molecule has 1 aromatic carbocycles. The van der Waals surface area contributed by atoms with Crippen LogP contribution in [0, 0.1) is 11.3 Å². The zero-order chi connectivity index (χ0) is 19.1. The highest BCUT2D eigenvalue weighted by atomic mass is 19.4. The summed E-state index contributed by atoms with van der Waals surface area (Å²) in [7, 11) is 0. The molecule has 5 nitrogen and oxygen atoms in total. The zero-order valence-corrected chi connectivity index (χ0v) is 14.3. The third-order valence-electron chi connectivity index (χ3n) is 5.73. The van der Waals surface area contributed by atoms with Gasteiger partial charge in [0.2, 0.25) is 5.91 Å². The lowest BCUT2D eigenvalue weighted by Crippen LogP contribution is -2.43. The molecule has 8 heteroatoms. The van der Waals surface area contributed by atoms with Crippen LogP contribution < -0.4 is 5.32 Å². The van der Waals surface area contributed by atoms with Crippen molar-refractivity contribution in [2.75, 3.05) is 18.4 Å². The van der Waals surface area contributed by atoms with E-state index in [0.29, 0.717) is 19.5 Å². The second-order valence-corrected chi connectivity index (χ2v) is 7.22. The van der Waals surface area contributed by atoms with Crippen molar-refractivity contribution in [1.82, 2.24) is 4.90 Å². The van der Waals surface area contributed by atoms with Gasteiger partial charge in [0.05, 0.1) is 17.0 Å². The van der Waals surface area contributed by atoms with Crippen LogP contribution in [0.1, 0.15) is 31.7 Å². The number of amides is 1. The average Bonchev–Trinajstić information content (AvgIpc) is 3.12. The molecule has 1 saturated carbocycles. The average molecular weight is 370 g/mol. The van der Waals surface area contributed by atoms with Crippen LogP contribution in [0.15, 0.2) is 24.3 Å². The molecule has 0 radical (unpaired) electrons. The minimum atomic E-state index is -4.42. The van der Waals surface area contributed by atoms with E-state index in [1.54, 1.807) is 6.92 Å². The molecule has 1 saturated heterocycles. The summed E-state index contributed by atoms with van der Waals surface area (Å²) in [5.74, 6) is -1.12. The molecule has 1 amide bonds. The van der Waals surface area contributed by atoms with Gasteiger partial charge in [-0.3, -0.25) is 14.5 Å². The Bertz CT molecular complexity index is 705. The Morgan fingerprint density at radius 3 is 2.50 bits per heavy atom. The van der Waals surface area contributed by atoms with E-state index >= 15 is 0 Å². The number of hydrogen-bond donors (Lipinski definition) is 2. The van der Waals surface area contributed by atoms with E-state index in [4.69, 9.17) is 0 Å². The minimum Gasteiger partial charge on any atom is -0.481 e. The molecule has 1 aliphatic heterocycles. The summed E-state index contributed by atoms with van der Waals surface area (Å²) in [4.78, 5) is 26.0. The van der Waals surface area contributed by atoms with Gasteiger partial charge in [0.25, 0.3) is 0 Å². The lowest BCUT2D eigenvalue weighted by molar-refractivity contribution is -0.149. The van der Waals surface area contributed by atoms with Crippen LogP contribution in [0.5, 0.6) is 0 Å². The second-order valence-electron chi connectivity index (χ2n) is 7.22. The number of anilines is 1. The summed E-state index contributed by atoms with van der Waals surface area (Å²) >= 11 is 0. The number of likely N-dealkylation sites (tertiary alicyclic amines) is 1. The van der Waals surface area contributed by atoms with Crippen LogP contribution >= 0.6 is 0 Å². The SMILES string of the molecule is CC(C(=O)Nc1ccc(C(F)(F)F)cc1)N1C[C@@H]2CCC[C@@]2(C(=O)O)C1. The van der Waals surface area contributed by atoms with E-state index in [1.165, 1.54) is 12.1 Å². The number of aliphatic carboxylic acids is 1. The van der Waals surface area contributed by atoms with Crippen LogP contribution in [0.25, 0.3) is 0 Å². The van der Waals surface area contributed by atoms with Gasteiger partial charge in [0.15, 0.2) is 0 Å². The number of nitrogens with one attached hydrogen (secondary N) is 1. The Morgan fingerprint density at radius 2 is 1.96 bits per heavy atom. The molecule has 0 bridgehead atoms. The van der Waals surface area contributed by atoms with Crippen molar-refractivity contribution in [1.29, 1.82) is 0 Å². The standard InChI is InChI=1S/C18H21F3N2O3/c1-11(23-9-13-3-2-8-17(13,10-23)16(25)26)15(24)22-14-6-4-12(5-7-14)18(19,20)21/h4-7,11,13H,2-3,8-10H2,1H3,(H,22,24)(H,25,26)/t11?,13-,17+/m0/s1. The predicted octanol–water partition coefficient (Wildman–Crippen LogP) is 3.22. The number of nitrogens with zero attached hydrogens (tertiary/aromatic N) is 1. The summed E-state index contributed by atoms with van der Waals surface area (Å²) in [6.07, 6.45) is -2.07. The number of halogens is 3. The Kier molecular flexibility index (Phi) is 4.72. The first-order valence-electron chi connectivity index (χ1n) is 8.59. The molecule has 1 unspecified atom stereocenters. The molecule has 1 aliphatic carbocycles. The van der Waals surface area contributed by atoms with Crippen molar-refractivity contribution in [3.8, 4) is 0 Å². The van der Waals surface area contributed by atoms with Gasteiger partial charge in [0.1, 0.15) is 0 Å². The molecule has 2 fully saturated rings. The summed E-state index contributed by atoms with van der Waals surface area (Å²) in [6, 6.07) is 3.70. The van der Waals surface area contributed by atoms with Crippen molar-refractivity contribution in [2.24, 2.45) is 11.3 Å².